The molecule has 0 aliphatic carbocycles. The van der Waals surface area contributed by atoms with E-state index in [1.807, 2.05) is 6.07 Å². The van der Waals surface area contributed by atoms with Crippen LogP contribution in [-0.4, -0.2) is 34.7 Å². The van der Waals surface area contributed by atoms with Crippen LogP contribution in [-0.2, 0) is 4.79 Å². The zero-order valence-corrected chi connectivity index (χ0v) is 16.6. The maximum Gasteiger partial charge on any atom is 0.271 e. The van der Waals surface area contributed by atoms with Crippen LogP contribution in [0.3, 0.4) is 0 Å². The van der Waals surface area contributed by atoms with E-state index in [-0.39, 0.29) is 35.1 Å². The Morgan fingerprint density at radius 2 is 1.78 bits per heavy atom. The molecule has 3 rings (SSSR count). The van der Waals surface area contributed by atoms with Gasteiger partial charge >= 0.3 is 0 Å². The topological polar surface area (TPSA) is 143 Å². The third-order valence-electron chi connectivity index (χ3n) is 4.14. The van der Waals surface area contributed by atoms with E-state index in [9.17, 15) is 24.8 Å². The lowest BCUT2D eigenvalue weighted by Gasteiger charge is -2.08. The van der Waals surface area contributed by atoms with Crippen LogP contribution in [0.15, 0.2) is 77.9 Å². The first kappa shape index (κ1) is 22.0. The van der Waals surface area contributed by atoms with E-state index < -0.39 is 10.8 Å². The van der Waals surface area contributed by atoms with Crippen molar-refractivity contribution in [3.63, 3.8) is 0 Å². The first-order chi connectivity index (χ1) is 15.4. The van der Waals surface area contributed by atoms with Crippen LogP contribution in [0.2, 0.25) is 0 Å². The molecule has 162 valence electrons. The second-order valence-corrected chi connectivity index (χ2v) is 6.43. The van der Waals surface area contributed by atoms with Crippen LogP contribution in [0.5, 0.6) is 11.5 Å². The Kier molecular flexibility index (Phi) is 7.10. The second kappa shape index (κ2) is 10.3. The van der Waals surface area contributed by atoms with Crippen molar-refractivity contribution in [1.82, 2.24) is 5.43 Å². The summed E-state index contributed by atoms with van der Waals surface area (Å²) in [6.45, 7) is -0.197. The van der Waals surface area contributed by atoms with Gasteiger partial charge in [-0.25, -0.2) is 5.43 Å². The molecule has 0 aliphatic rings. The zero-order chi connectivity index (χ0) is 22.9. The minimum absolute atomic E-state index is 0.0806. The summed E-state index contributed by atoms with van der Waals surface area (Å²) < 4.78 is 5.40. The van der Waals surface area contributed by atoms with E-state index in [1.165, 1.54) is 30.3 Å². The largest absolute Gasteiger partial charge is 0.507 e. The molecule has 3 aromatic carbocycles. The Bertz CT molecular complexity index is 1150. The summed E-state index contributed by atoms with van der Waals surface area (Å²) >= 11 is 0. The number of non-ortho nitro benzene ring substituents is 1. The summed E-state index contributed by atoms with van der Waals surface area (Å²) in [5.74, 6) is -0.683. The van der Waals surface area contributed by atoms with Crippen molar-refractivity contribution in [3.8, 4) is 11.5 Å². The Balaban J connectivity index is 1.51. The van der Waals surface area contributed by atoms with Crippen LogP contribution >= 0.6 is 0 Å². The van der Waals surface area contributed by atoms with E-state index in [0.717, 1.165) is 18.3 Å². The SMILES string of the molecule is O=C(COc1ccc(C(=O)N/N=C/c2cc([N+](=O)[O-])ccc2O)cc1)Nc1ccccc1. The van der Waals surface area contributed by atoms with Crippen molar-refractivity contribution in [2.75, 3.05) is 11.9 Å². The van der Waals surface area contributed by atoms with E-state index in [4.69, 9.17) is 4.74 Å². The quantitative estimate of drug-likeness (QED) is 0.282. The number of hydrogen-bond donors (Lipinski definition) is 3. The summed E-state index contributed by atoms with van der Waals surface area (Å²) in [7, 11) is 0. The van der Waals surface area contributed by atoms with Gasteiger partial charge in [-0.3, -0.25) is 19.7 Å². The number of phenolic OH excluding ortho intramolecular Hbond substituents is 1. The third-order valence-corrected chi connectivity index (χ3v) is 4.14. The molecule has 0 aliphatic heterocycles. The predicted molar refractivity (Wildman–Crippen MR) is 117 cm³/mol. The molecular weight excluding hydrogens is 416 g/mol. The molecule has 0 saturated carbocycles. The minimum atomic E-state index is -0.607. The van der Waals surface area contributed by atoms with Crippen molar-refractivity contribution < 1.29 is 24.4 Å². The average Bonchev–Trinajstić information content (AvgIpc) is 2.79. The summed E-state index contributed by atoms with van der Waals surface area (Å²) in [6, 6.07) is 18.4. The number of nitro benzene ring substituents is 1. The summed E-state index contributed by atoms with van der Waals surface area (Å²) in [6.07, 6.45) is 1.10. The number of amides is 2. The van der Waals surface area contributed by atoms with Gasteiger partial charge in [-0.1, -0.05) is 18.2 Å². The molecule has 3 N–H and O–H groups in total. The van der Waals surface area contributed by atoms with E-state index in [2.05, 4.69) is 15.8 Å². The number of carbonyl (C=O) groups is 2. The van der Waals surface area contributed by atoms with Crippen molar-refractivity contribution in [2.45, 2.75) is 0 Å². The minimum Gasteiger partial charge on any atom is -0.507 e. The van der Waals surface area contributed by atoms with Crippen molar-refractivity contribution in [1.29, 1.82) is 0 Å². The van der Waals surface area contributed by atoms with Crippen LogP contribution in [0, 0.1) is 10.1 Å². The molecular formula is C22H18N4O6. The van der Waals surface area contributed by atoms with Gasteiger partial charge in [-0.2, -0.15) is 5.10 Å². The normalized spacial score (nSPS) is 10.5. The number of ether oxygens (including phenoxy) is 1. The monoisotopic (exact) mass is 434 g/mol. The van der Waals surface area contributed by atoms with Crippen LogP contribution < -0.4 is 15.5 Å². The Labute approximate surface area is 182 Å². The number of phenols is 1. The molecule has 0 aromatic heterocycles. The highest BCUT2D eigenvalue weighted by molar-refractivity contribution is 5.95. The molecule has 2 amide bonds. The van der Waals surface area contributed by atoms with Gasteiger partial charge in [0, 0.05) is 28.9 Å². The number of aromatic hydroxyl groups is 1. The number of nitrogens with one attached hydrogen (secondary N) is 2. The Morgan fingerprint density at radius 1 is 1.06 bits per heavy atom. The molecule has 0 bridgehead atoms. The Hall–Kier alpha value is -4.73. The highest BCUT2D eigenvalue weighted by Gasteiger charge is 2.10. The molecule has 0 radical (unpaired) electrons. The number of nitro groups is 1. The van der Waals surface area contributed by atoms with E-state index in [1.54, 1.807) is 24.3 Å². The zero-order valence-electron chi connectivity index (χ0n) is 16.6. The number of nitrogens with zero attached hydrogens (tertiary/aromatic N) is 2. The van der Waals surface area contributed by atoms with Crippen LogP contribution in [0.25, 0.3) is 0 Å². The van der Waals surface area contributed by atoms with E-state index in [0.29, 0.717) is 11.4 Å². The lowest BCUT2D eigenvalue weighted by atomic mass is 10.2. The van der Waals surface area contributed by atoms with Gasteiger partial charge in [-0.15, -0.1) is 0 Å². The molecule has 10 heteroatoms. The van der Waals surface area contributed by atoms with Crippen molar-refractivity contribution in [3.05, 3.63) is 94.0 Å². The number of carbonyl (C=O) groups excluding carboxylic acids is 2. The lowest BCUT2D eigenvalue weighted by molar-refractivity contribution is -0.384. The fraction of sp³-hybridized carbons (Fsp3) is 0.0455. The number of hydrazone groups is 1. The molecule has 0 spiro atoms. The van der Waals surface area contributed by atoms with Gasteiger partial charge < -0.3 is 15.2 Å². The summed E-state index contributed by atoms with van der Waals surface area (Å²) in [5.41, 5.74) is 3.06. The smallest absolute Gasteiger partial charge is 0.271 e. The van der Waals surface area contributed by atoms with Gasteiger partial charge in [0.1, 0.15) is 11.5 Å². The molecule has 32 heavy (non-hydrogen) atoms. The average molecular weight is 434 g/mol. The van der Waals surface area contributed by atoms with Gasteiger partial charge in [-0.05, 0) is 42.5 Å². The Morgan fingerprint density at radius 3 is 2.47 bits per heavy atom. The molecule has 0 fully saturated rings. The van der Waals surface area contributed by atoms with Crippen LogP contribution in [0.1, 0.15) is 15.9 Å². The number of para-hydroxylation sites is 1. The van der Waals surface area contributed by atoms with Crippen molar-refractivity contribution in [2.24, 2.45) is 5.10 Å². The molecule has 0 atom stereocenters. The first-order valence-electron chi connectivity index (χ1n) is 9.31. The molecule has 3 aromatic rings. The first-order valence-corrected chi connectivity index (χ1v) is 9.31. The van der Waals surface area contributed by atoms with E-state index >= 15 is 0 Å². The van der Waals surface area contributed by atoms with Crippen LogP contribution in [0.4, 0.5) is 11.4 Å². The molecule has 0 saturated heterocycles. The fourth-order valence-corrected chi connectivity index (χ4v) is 2.55. The van der Waals surface area contributed by atoms with Crippen molar-refractivity contribution >= 4 is 29.4 Å². The van der Waals surface area contributed by atoms with Gasteiger partial charge in [0.2, 0.25) is 0 Å². The maximum atomic E-state index is 12.2. The lowest BCUT2D eigenvalue weighted by Crippen LogP contribution is -2.20. The number of anilines is 1. The summed E-state index contributed by atoms with van der Waals surface area (Å²) in [5, 5.41) is 26.9. The standard InChI is InChI=1S/C22H18N4O6/c27-20-11-8-18(26(30)31)12-16(20)13-23-25-22(29)15-6-9-19(10-7-15)32-14-21(28)24-17-4-2-1-3-5-17/h1-13,27H,14H2,(H,24,28)(H,25,29)/b23-13+. The third kappa shape index (κ3) is 6.13. The molecule has 0 heterocycles. The summed E-state index contributed by atoms with van der Waals surface area (Å²) in [4.78, 5) is 34.3. The predicted octanol–water partition coefficient (Wildman–Crippen LogP) is 3.08. The van der Waals surface area contributed by atoms with Gasteiger partial charge in [0.15, 0.2) is 6.61 Å². The highest BCUT2D eigenvalue weighted by Crippen LogP contribution is 2.21. The molecule has 0 unspecified atom stereocenters. The fourth-order valence-electron chi connectivity index (χ4n) is 2.55. The second-order valence-electron chi connectivity index (χ2n) is 6.43. The number of benzene rings is 3. The van der Waals surface area contributed by atoms with Gasteiger partial charge in [0.05, 0.1) is 11.1 Å². The number of rotatable bonds is 8. The number of hydrogen-bond acceptors (Lipinski definition) is 7. The highest BCUT2D eigenvalue weighted by atomic mass is 16.6. The van der Waals surface area contributed by atoms with Gasteiger partial charge in [0.25, 0.3) is 17.5 Å². The maximum absolute atomic E-state index is 12.2. The molecule has 10 nitrogen and oxygen atoms in total.